The lowest BCUT2D eigenvalue weighted by Gasteiger charge is -2.38. The molecule has 1 aliphatic heterocycles. The molecule has 1 aliphatic rings. The summed E-state index contributed by atoms with van der Waals surface area (Å²) in [5.41, 5.74) is 10.3. The summed E-state index contributed by atoms with van der Waals surface area (Å²) in [7, 11) is 0. The van der Waals surface area contributed by atoms with Crippen molar-refractivity contribution < 1.29 is 0 Å². The number of aryl methyl sites for hydroxylation is 2. The van der Waals surface area contributed by atoms with Crippen LogP contribution in [0.1, 0.15) is 30.9 Å². The molecule has 0 aromatic heterocycles. The summed E-state index contributed by atoms with van der Waals surface area (Å²) in [5, 5.41) is 0. The molecule has 0 bridgehead atoms. The van der Waals surface area contributed by atoms with Crippen molar-refractivity contribution >= 4 is 5.69 Å². The molecule has 2 heteroatoms. The molecule has 0 spiro atoms. The third-order valence-electron chi connectivity index (χ3n) is 3.61. The zero-order valence-electron chi connectivity index (χ0n) is 10.6. The number of piperidine rings is 1. The van der Waals surface area contributed by atoms with E-state index in [2.05, 4.69) is 43.9 Å². The maximum Gasteiger partial charge on any atom is 0.0398 e. The van der Waals surface area contributed by atoms with Gasteiger partial charge in [-0.1, -0.05) is 12.1 Å². The molecule has 0 unspecified atom stereocenters. The Balaban J connectivity index is 2.17. The van der Waals surface area contributed by atoms with E-state index in [1.54, 1.807) is 0 Å². The maximum atomic E-state index is 6.16. The van der Waals surface area contributed by atoms with Crippen molar-refractivity contribution in [1.82, 2.24) is 0 Å². The number of hydrogen-bond donors (Lipinski definition) is 1. The predicted molar refractivity (Wildman–Crippen MR) is 70.0 cm³/mol. The Bertz CT molecular complexity index is 372. The monoisotopic (exact) mass is 218 g/mol. The van der Waals surface area contributed by atoms with Gasteiger partial charge in [0.15, 0.2) is 0 Å². The molecular weight excluding hydrogens is 196 g/mol. The Labute approximate surface area is 98.4 Å². The maximum absolute atomic E-state index is 6.16. The van der Waals surface area contributed by atoms with Gasteiger partial charge in [-0.2, -0.15) is 0 Å². The highest BCUT2D eigenvalue weighted by Gasteiger charge is 2.26. The largest absolute Gasteiger partial charge is 0.371 e. The van der Waals surface area contributed by atoms with Crippen LogP contribution in [-0.2, 0) is 0 Å². The Morgan fingerprint density at radius 1 is 1.19 bits per heavy atom. The van der Waals surface area contributed by atoms with Crippen molar-refractivity contribution in [2.24, 2.45) is 5.73 Å². The van der Waals surface area contributed by atoms with Gasteiger partial charge >= 0.3 is 0 Å². The van der Waals surface area contributed by atoms with Crippen LogP contribution in [-0.4, -0.2) is 18.6 Å². The zero-order valence-corrected chi connectivity index (χ0v) is 10.6. The SMILES string of the molecule is Cc1ccc(C)c(N2CCC(C)(N)CC2)c1. The number of benzene rings is 1. The first kappa shape index (κ1) is 11.5. The van der Waals surface area contributed by atoms with Gasteiger partial charge in [0.1, 0.15) is 0 Å². The Hall–Kier alpha value is -1.02. The van der Waals surface area contributed by atoms with E-state index < -0.39 is 0 Å². The van der Waals surface area contributed by atoms with Crippen LogP contribution in [0.3, 0.4) is 0 Å². The highest BCUT2D eigenvalue weighted by molar-refractivity contribution is 5.55. The number of rotatable bonds is 1. The minimum absolute atomic E-state index is 0.0359. The molecule has 1 heterocycles. The smallest absolute Gasteiger partial charge is 0.0398 e. The van der Waals surface area contributed by atoms with E-state index in [1.807, 2.05) is 0 Å². The van der Waals surface area contributed by atoms with Gasteiger partial charge in [0.25, 0.3) is 0 Å². The van der Waals surface area contributed by atoms with Gasteiger partial charge in [-0.3, -0.25) is 0 Å². The molecule has 0 atom stereocenters. The molecule has 2 rings (SSSR count). The minimum Gasteiger partial charge on any atom is -0.371 e. The quantitative estimate of drug-likeness (QED) is 0.785. The van der Waals surface area contributed by atoms with E-state index in [-0.39, 0.29) is 5.54 Å². The molecular formula is C14H22N2. The predicted octanol–water partition coefficient (Wildman–Crippen LogP) is 2.62. The van der Waals surface area contributed by atoms with Crippen LogP contribution >= 0.6 is 0 Å². The van der Waals surface area contributed by atoms with Gasteiger partial charge in [0.05, 0.1) is 0 Å². The van der Waals surface area contributed by atoms with Crippen LogP contribution in [0.4, 0.5) is 5.69 Å². The van der Waals surface area contributed by atoms with Crippen LogP contribution < -0.4 is 10.6 Å². The number of nitrogens with zero attached hydrogens (tertiary/aromatic N) is 1. The summed E-state index contributed by atoms with van der Waals surface area (Å²) in [6.45, 7) is 8.66. The lowest BCUT2D eigenvalue weighted by Crippen LogP contribution is -2.48. The van der Waals surface area contributed by atoms with E-state index in [0.29, 0.717) is 0 Å². The molecule has 1 aromatic carbocycles. The molecule has 1 saturated heterocycles. The number of nitrogens with two attached hydrogens (primary N) is 1. The molecule has 0 saturated carbocycles. The molecule has 1 aromatic rings. The Morgan fingerprint density at radius 3 is 2.44 bits per heavy atom. The second-order valence-electron chi connectivity index (χ2n) is 5.43. The first-order valence-corrected chi connectivity index (χ1v) is 6.09. The van der Waals surface area contributed by atoms with Gasteiger partial charge in [-0.25, -0.2) is 0 Å². The second-order valence-corrected chi connectivity index (χ2v) is 5.43. The van der Waals surface area contributed by atoms with Crippen molar-refractivity contribution in [3.63, 3.8) is 0 Å². The van der Waals surface area contributed by atoms with E-state index in [1.165, 1.54) is 16.8 Å². The van der Waals surface area contributed by atoms with Gasteiger partial charge < -0.3 is 10.6 Å². The van der Waals surface area contributed by atoms with Crippen LogP contribution in [0.15, 0.2) is 18.2 Å². The summed E-state index contributed by atoms with van der Waals surface area (Å²) < 4.78 is 0. The Kier molecular flexibility index (Phi) is 2.94. The van der Waals surface area contributed by atoms with Crippen molar-refractivity contribution in [2.45, 2.75) is 39.2 Å². The molecule has 1 fully saturated rings. The fraction of sp³-hybridized carbons (Fsp3) is 0.571. The van der Waals surface area contributed by atoms with Crippen molar-refractivity contribution in [3.05, 3.63) is 29.3 Å². The summed E-state index contributed by atoms with van der Waals surface area (Å²) in [6, 6.07) is 6.67. The molecule has 0 radical (unpaired) electrons. The third kappa shape index (κ3) is 2.38. The lowest BCUT2D eigenvalue weighted by atomic mass is 9.90. The van der Waals surface area contributed by atoms with E-state index >= 15 is 0 Å². The Morgan fingerprint density at radius 2 is 1.81 bits per heavy atom. The van der Waals surface area contributed by atoms with Gasteiger partial charge in [0.2, 0.25) is 0 Å². The highest BCUT2D eigenvalue weighted by atomic mass is 15.1. The minimum atomic E-state index is 0.0359. The number of hydrogen-bond acceptors (Lipinski definition) is 2. The highest BCUT2D eigenvalue weighted by Crippen LogP contribution is 2.27. The average Bonchev–Trinajstić information content (AvgIpc) is 2.22. The van der Waals surface area contributed by atoms with Crippen LogP contribution in [0.2, 0.25) is 0 Å². The third-order valence-corrected chi connectivity index (χ3v) is 3.61. The molecule has 0 amide bonds. The van der Waals surface area contributed by atoms with Crippen molar-refractivity contribution in [1.29, 1.82) is 0 Å². The first-order valence-electron chi connectivity index (χ1n) is 6.09. The van der Waals surface area contributed by atoms with E-state index in [0.717, 1.165) is 25.9 Å². The molecule has 16 heavy (non-hydrogen) atoms. The molecule has 0 aliphatic carbocycles. The standard InChI is InChI=1S/C14H22N2/c1-11-4-5-12(2)13(10-11)16-8-6-14(3,15)7-9-16/h4-5,10H,6-9,15H2,1-3H3. The summed E-state index contributed by atoms with van der Waals surface area (Å²) in [4.78, 5) is 2.47. The zero-order chi connectivity index (χ0) is 11.8. The fourth-order valence-corrected chi connectivity index (χ4v) is 2.32. The van der Waals surface area contributed by atoms with Gasteiger partial charge in [0, 0.05) is 24.3 Å². The summed E-state index contributed by atoms with van der Waals surface area (Å²) in [6.07, 6.45) is 2.17. The fourth-order valence-electron chi connectivity index (χ4n) is 2.32. The van der Waals surface area contributed by atoms with Crippen LogP contribution in [0.5, 0.6) is 0 Å². The van der Waals surface area contributed by atoms with E-state index in [4.69, 9.17) is 5.73 Å². The normalized spacial score (nSPS) is 19.9. The first-order chi connectivity index (χ1) is 7.48. The number of anilines is 1. The van der Waals surface area contributed by atoms with Crippen LogP contribution in [0.25, 0.3) is 0 Å². The van der Waals surface area contributed by atoms with Crippen molar-refractivity contribution in [2.75, 3.05) is 18.0 Å². The molecule has 2 nitrogen and oxygen atoms in total. The topological polar surface area (TPSA) is 29.3 Å². The molecule has 88 valence electrons. The van der Waals surface area contributed by atoms with E-state index in [9.17, 15) is 0 Å². The second kappa shape index (κ2) is 4.10. The van der Waals surface area contributed by atoms with Gasteiger partial charge in [-0.05, 0) is 50.8 Å². The van der Waals surface area contributed by atoms with Crippen LogP contribution in [0, 0.1) is 13.8 Å². The average molecular weight is 218 g/mol. The molecule has 2 N–H and O–H groups in total. The summed E-state index contributed by atoms with van der Waals surface area (Å²) in [5.74, 6) is 0. The summed E-state index contributed by atoms with van der Waals surface area (Å²) >= 11 is 0. The van der Waals surface area contributed by atoms with Gasteiger partial charge in [-0.15, -0.1) is 0 Å². The van der Waals surface area contributed by atoms with Crippen molar-refractivity contribution in [3.8, 4) is 0 Å². The lowest BCUT2D eigenvalue weighted by molar-refractivity contribution is 0.364.